The van der Waals surface area contributed by atoms with Gasteiger partial charge in [-0.2, -0.15) is 5.01 Å². The number of thioether (sulfide) groups is 1. The zero-order chi connectivity index (χ0) is 26.5. The summed E-state index contributed by atoms with van der Waals surface area (Å²) in [7, 11) is 0. The minimum Gasteiger partial charge on any atom is -0.490 e. The maximum Gasteiger partial charge on any atom is 0.285 e. The summed E-state index contributed by atoms with van der Waals surface area (Å²) in [5, 5.41) is 1.68. The lowest BCUT2D eigenvalue weighted by atomic mass is 10.1. The number of rotatable bonds is 8. The fourth-order valence-electron chi connectivity index (χ4n) is 3.33. The van der Waals surface area contributed by atoms with Gasteiger partial charge in [0.15, 0.2) is 15.8 Å². The van der Waals surface area contributed by atoms with Gasteiger partial charge in [0.2, 0.25) is 0 Å². The molecule has 37 heavy (non-hydrogen) atoms. The van der Waals surface area contributed by atoms with Crippen molar-refractivity contribution >= 4 is 69.4 Å². The Morgan fingerprint density at radius 1 is 1.11 bits per heavy atom. The number of carbonyl (C=O) groups is 2. The first-order valence-corrected chi connectivity index (χ1v) is 12.9. The second-order valence-corrected chi connectivity index (χ2v) is 10.1. The van der Waals surface area contributed by atoms with E-state index >= 15 is 0 Å². The highest BCUT2D eigenvalue weighted by atomic mass is 35.5. The van der Waals surface area contributed by atoms with Crippen LogP contribution in [0.5, 0.6) is 11.5 Å². The lowest BCUT2D eigenvalue weighted by Crippen LogP contribution is -2.44. The number of halogens is 3. The molecule has 0 aliphatic carbocycles. The van der Waals surface area contributed by atoms with Gasteiger partial charge in [-0.1, -0.05) is 53.2 Å². The molecule has 1 heterocycles. The zero-order valence-corrected chi connectivity index (χ0v) is 22.4. The normalized spacial score (nSPS) is 14.3. The van der Waals surface area contributed by atoms with Gasteiger partial charge in [-0.05, 0) is 73.2 Å². The molecule has 1 N–H and O–H groups in total. The van der Waals surface area contributed by atoms with E-state index in [0.29, 0.717) is 39.2 Å². The molecule has 1 aliphatic rings. The van der Waals surface area contributed by atoms with Crippen LogP contribution in [0.3, 0.4) is 0 Å². The molecule has 0 bridgehead atoms. The lowest BCUT2D eigenvalue weighted by molar-refractivity contribution is -0.123. The summed E-state index contributed by atoms with van der Waals surface area (Å²) in [6, 6.07) is 15.8. The minimum absolute atomic E-state index is 0.0874. The highest BCUT2D eigenvalue weighted by molar-refractivity contribution is 8.26. The van der Waals surface area contributed by atoms with E-state index in [2.05, 4.69) is 5.43 Å². The highest BCUT2D eigenvalue weighted by Gasteiger charge is 2.34. The first kappa shape index (κ1) is 26.9. The van der Waals surface area contributed by atoms with Crippen LogP contribution < -0.4 is 14.9 Å². The Morgan fingerprint density at radius 3 is 2.62 bits per heavy atom. The van der Waals surface area contributed by atoms with Crippen LogP contribution in [0.1, 0.15) is 28.4 Å². The van der Waals surface area contributed by atoms with Crippen molar-refractivity contribution in [2.75, 3.05) is 6.61 Å². The van der Waals surface area contributed by atoms with E-state index < -0.39 is 17.6 Å². The molecule has 2 amide bonds. The van der Waals surface area contributed by atoms with Crippen molar-refractivity contribution in [3.05, 3.63) is 98.1 Å². The second kappa shape index (κ2) is 12.0. The minimum atomic E-state index is -0.518. The predicted octanol–water partition coefficient (Wildman–Crippen LogP) is 6.66. The number of amides is 2. The number of thiocarbonyl (C=S) groups is 1. The maximum absolute atomic E-state index is 14.1. The molecule has 0 spiro atoms. The zero-order valence-electron chi connectivity index (χ0n) is 19.3. The van der Waals surface area contributed by atoms with E-state index in [1.807, 2.05) is 6.92 Å². The molecular formula is C26H19Cl2FN2O4S2. The Bertz CT molecular complexity index is 1400. The number of benzene rings is 3. The standard InChI is InChI=1S/C26H19Cl2FN2O4S2/c1-2-34-22-11-15(9-10-21(22)35-14-18-19(28)7-4-8-20(18)29)12-23-25(33)31(26(36)37-23)30-24(32)16-5-3-6-17(27)13-16/h3-13H,2,14H2,1H3,(H,30,32)/b23-12+. The number of nitrogens with one attached hydrogen (secondary N) is 1. The molecular weight excluding hydrogens is 558 g/mol. The summed E-state index contributed by atoms with van der Waals surface area (Å²) in [6.07, 6.45) is 1.63. The van der Waals surface area contributed by atoms with E-state index in [-0.39, 0.29) is 21.5 Å². The molecule has 1 saturated heterocycles. The summed E-state index contributed by atoms with van der Waals surface area (Å²) in [5.41, 5.74) is 3.68. The lowest BCUT2D eigenvalue weighted by Gasteiger charge is -2.15. The molecule has 0 unspecified atom stereocenters. The van der Waals surface area contributed by atoms with Crippen LogP contribution in [0.2, 0.25) is 10.0 Å². The molecule has 1 aliphatic heterocycles. The topological polar surface area (TPSA) is 67.9 Å². The van der Waals surface area contributed by atoms with Crippen molar-refractivity contribution in [1.82, 2.24) is 10.4 Å². The van der Waals surface area contributed by atoms with Gasteiger partial charge in [0.05, 0.1) is 16.5 Å². The number of carbonyl (C=O) groups excluding carboxylic acids is 2. The third kappa shape index (κ3) is 6.42. The number of hydrogen-bond acceptors (Lipinski definition) is 6. The highest BCUT2D eigenvalue weighted by Crippen LogP contribution is 2.35. The number of nitrogens with zero attached hydrogens (tertiary/aromatic N) is 1. The van der Waals surface area contributed by atoms with Crippen LogP contribution in [0.4, 0.5) is 4.39 Å². The van der Waals surface area contributed by atoms with Gasteiger partial charge in [-0.15, -0.1) is 0 Å². The number of ether oxygens (including phenoxy) is 2. The fourth-order valence-corrected chi connectivity index (χ4v) is 4.92. The number of hydrogen-bond donors (Lipinski definition) is 1. The average Bonchev–Trinajstić information content (AvgIpc) is 3.12. The molecule has 0 radical (unpaired) electrons. The van der Waals surface area contributed by atoms with Crippen LogP contribution in [-0.4, -0.2) is 27.8 Å². The molecule has 0 atom stereocenters. The van der Waals surface area contributed by atoms with E-state index in [4.69, 9.17) is 44.9 Å². The summed E-state index contributed by atoms with van der Waals surface area (Å²) in [6.45, 7) is 2.09. The van der Waals surface area contributed by atoms with Gasteiger partial charge >= 0.3 is 0 Å². The molecule has 3 aromatic rings. The smallest absolute Gasteiger partial charge is 0.285 e. The van der Waals surface area contributed by atoms with Crippen LogP contribution in [0, 0.1) is 5.82 Å². The van der Waals surface area contributed by atoms with Gasteiger partial charge in [0.1, 0.15) is 12.4 Å². The summed E-state index contributed by atoms with van der Waals surface area (Å²) >= 11 is 18.4. The van der Waals surface area contributed by atoms with Crippen molar-refractivity contribution in [2.24, 2.45) is 0 Å². The molecule has 190 valence electrons. The summed E-state index contributed by atoms with van der Waals surface area (Å²) < 4.78 is 25.8. The molecule has 3 aromatic carbocycles. The van der Waals surface area contributed by atoms with Crippen molar-refractivity contribution in [3.8, 4) is 11.5 Å². The van der Waals surface area contributed by atoms with Gasteiger partial charge in [0, 0.05) is 16.1 Å². The summed E-state index contributed by atoms with van der Waals surface area (Å²) in [4.78, 5) is 25.8. The van der Waals surface area contributed by atoms with E-state index in [0.717, 1.165) is 16.8 Å². The fraction of sp³-hybridized carbons (Fsp3) is 0.115. The van der Waals surface area contributed by atoms with Gasteiger partial charge < -0.3 is 9.47 Å². The van der Waals surface area contributed by atoms with Crippen molar-refractivity contribution in [1.29, 1.82) is 0 Å². The second-order valence-electron chi connectivity index (χ2n) is 7.60. The molecule has 0 saturated carbocycles. The Kier molecular flexibility index (Phi) is 8.71. The molecule has 6 nitrogen and oxygen atoms in total. The largest absolute Gasteiger partial charge is 0.490 e. The van der Waals surface area contributed by atoms with Crippen LogP contribution in [0.25, 0.3) is 6.08 Å². The number of hydrazine groups is 1. The monoisotopic (exact) mass is 576 g/mol. The Hall–Kier alpha value is -3.11. The SMILES string of the molecule is CCOc1cc(/C=C2/SC(=S)N(NC(=O)c3cccc(Cl)c3)C2=O)ccc1OCc1c(F)cccc1Cl. The molecule has 0 aromatic heterocycles. The van der Waals surface area contributed by atoms with Crippen molar-refractivity contribution in [3.63, 3.8) is 0 Å². The predicted molar refractivity (Wildman–Crippen MR) is 147 cm³/mol. The van der Waals surface area contributed by atoms with Crippen LogP contribution >= 0.6 is 47.2 Å². The quantitative estimate of drug-likeness (QED) is 0.239. The average molecular weight is 577 g/mol. The summed E-state index contributed by atoms with van der Waals surface area (Å²) in [5.74, 6) is -0.660. The van der Waals surface area contributed by atoms with Gasteiger partial charge in [-0.3, -0.25) is 15.0 Å². The third-order valence-corrected chi connectivity index (χ3v) is 6.98. The van der Waals surface area contributed by atoms with Crippen molar-refractivity contribution < 1.29 is 23.5 Å². The van der Waals surface area contributed by atoms with E-state index in [1.165, 1.54) is 18.2 Å². The van der Waals surface area contributed by atoms with E-state index in [9.17, 15) is 14.0 Å². The molecule has 1 fully saturated rings. The molecule has 11 heteroatoms. The van der Waals surface area contributed by atoms with Gasteiger partial charge in [0.25, 0.3) is 11.8 Å². The Morgan fingerprint density at radius 2 is 1.89 bits per heavy atom. The third-order valence-electron chi connectivity index (χ3n) is 5.09. The van der Waals surface area contributed by atoms with Gasteiger partial charge in [-0.25, -0.2) is 4.39 Å². The van der Waals surface area contributed by atoms with Crippen LogP contribution in [-0.2, 0) is 11.4 Å². The maximum atomic E-state index is 14.1. The molecule has 4 rings (SSSR count). The first-order chi connectivity index (χ1) is 17.8. The Labute approximate surface area is 232 Å². The van der Waals surface area contributed by atoms with Crippen molar-refractivity contribution in [2.45, 2.75) is 13.5 Å². The Balaban J connectivity index is 1.50. The van der Waals surface area contributed by atoms with E-state index in [1.54, 1.807) is 48.5 Å². The first-order valence-electron chi connectivity index (χ1n) is 10.9. The van der Waals surface area contributed by atoms with Crippen LogP contribution in [0.15, 0.2) is 65.6 Å².